The van der Waals surface area contributed by atoms with Gasteiger partial charge in [0.2, 0.25) is 0 Å². The van der Waals surface area contributed by atoms with Crippen LogP contribution >= 0.6 is 0 Å². The second kappa shape index (κ2) is 12.6. The third-order valence-corrected chi connectivity index (χ3v) is 8.86. The molecule has 1 aromatic carbocycles. The Morgan fingerprint density at radius 1 is 1.13 bits per heavy atom. The summed E-state index contributed by atoms with van der Waals surface area (Å²) in [7, 11) is 1.39. The van der Waals surface area contributed by atoms with Crippen LogP contribution in [-0.2, 0) is 19.0 Å². The lowest BCUT2D eigenvalue weighted by Gasteiger charge is -2.41. The summed E-state index contributed by atoms with van der Waals surface area (Å²) in [4.78, 5) is 25.0. The van der Waals surface area contributed by atoms with E-state index in [4.69, 9.17) is 29.0 Å². The largest absolute Gasteiger partial charge is 0.490 e. The van der Waals surface area contributed by atoms with E-state index >= 15 is 0 Å². The van der Waals surface area contributed by atoms with E-state index in [1.54, 1.807) is 6.20 Å². The SMILES string of the molecule is COC(=O)C(OC(C)(C)C)c1c(C)nc2cc3nn2c1N1CCC(C)(CC1)OCCCC(C)Oc1ccncc1-c1cccc-3c1. The molecule has 10 heteroatoms. The Bertz CT molecular complexity index is 1720. The van der Waals surface area contributed by atoms with Crippen molar-refractivity contribution < 1.29 is 23.7 Å². The summed E-state index contributed by atoms with van der Waals surface area (Å²) in [5.74, 6) is 1.12. The van der Waals surface area contributed by atoms with Gasteiger partial charge in [0.1, 0.15) is 11.6 Å². The molecule has 4 aromatic rings. The lowest BCUT2D eigenvalue weighted by molar-refractivity contribution is -0.164. The molecule has 1 fully saturated rings. The minimum absolute atomic E-state index is 0.0195. The molecular formula is C36H45N5O5. The van der Waals surface area contributed by atoms with Crippen molar-refractivity contribution in [2.75, 3.05) is 31.7 Å². The predicted molar refractivity (Wildman–Crippen MR) is 177 cm³/mol. The lowest BCUT2D eigenvalue weighted by Crippen LogP contribution is -2.46. The maximum absolute atomic E-state index is 13.4. The van der Waals surface area contributed by atoms with Gasteiger partial charge in [-0.3, -0.25) is 4.98 Å². The summed E-state index contributed by atoms with van der Waals surface area (Å²) in [6.45, 7) is 14.1. The number of pyridine rings is 1. The van der Waals surface area contributed by atoms with Crippen molar-refractivity contribution in [1.29, 1.82) is 0 Å². The van der Waals surface area contributed by atoms with Gasteiger partial charge < -0.3 is 23.8 Å². The third kappa shape index (κ3) is 6.59. The van der Waals surface area contributed by atoms with E-state index in [-0.39, 0.29) is 11.7 Å². The molecule has 2 atom stereocenters. The average molecular weight is 628 g/mol. The topological polar surface area (TPSA) is 100 Å². The Morgan fingerprint density at radius 3 is 2.63 bits per heavy atom. The zero-order valence-corrected chi connectivity index (χ0v) is 28.0. The van der Waals surface area contributed by atoms with Crippen LogP contribution in [0.5, 0.6) is 5.75 Å². The molecule has 0 aliphatic carbocycles. The number of fused-ring (bicyclic) bond motifs is 7. The number of hydrogen-bond donors (Lipinski definition) is 0. The van der Waals surface area contributed by atoms with E-state index in [1.807, 2.05) is 62.7 Å². The minimum Gasteiger partial charge on any atom is -0.490 e. The van der Waals surface area contributed by atoms with Crippen LogP contribution < -0.4 is 9.64 Å². The number of carbonyl (C=O) groups excluding carboxylic acids is 1. The van der Waals surface area contributed by atoms with Crippen molar-refractivity contribution in [1.82, 2.24) is 19.6 Å². The molecule has 2 unspecified atom stereocenters. The van der Waals surface area contributed by atoms with Gasteiger partial charge in [-0.05, 0) is 84.9 Å². The number of aryl methyl sites for hydroxylation is 1. The molecule has 3 aliphatic heterocycles. The van der Waals surface area contributed by atoms with Gasteiger partial charge in [0.15, 0.2) is 11.8 Å². The fraction of sp³-hybridized carbons (Fsp3) is 0.500. The predicted octanol–water partition coefficient (Wildman–Crippen LogP) is 6.73. The number of esters is 1. The maximum atomic E-state index is 13.4. The van der Waals surface area contributed by atoms with Crippen molar-refractivity contribution in [2.45, 2.75) is 90.6 Å². The van der Waals surface area contributed by atoms with Crippen molar-refractivity contribution >= 4 is 17.4 Å². The van der Waals surface area contributed by atoms with Crippen LogP contribution in [0.25, 0.3) is 28.0 Å². The highest BCUT2D eigenvalue weighted by Crippen LogP contribution is 2.39. The fourth-order valence-electron chi connectivity index (χ4n) is 6.40. The van der Waals surface area contributed by atoms with Crippen molar-refractivity contribution in [3.63, 3.8) is 0 Å². The van der Waals surface area contributed by atoms with Gasteiger partial charge in [0, 0.05) is 55.0 Å². The molecule has 10 nitrogen and oxygen atoms in total. The summed E-state index contributed by atoms with van der Waals surface area (Å²) in [6.07, 6.45) is 6.06. The molecule has 46 heavy (non-hydrogen) atoms. The molecule has 0 saturated carbocycles. The first kappa shape index (κ1) is 31.9. The molecule has 244 valence electrons. The highest BCUT2D eigenvalue weighted by Gasteiger charge is 2.38. The molecule has 0 amide bonds. The number of rotatable bonds is 3. The fourth-order valence-corrected chi connectivity index (χ4v) is 6.40. The van der Waals surface area contributed by atoms with Crippen LogP contribution in [0.3, 0.4) is 0 Å². The Morgan fingerprint density at radius 2 is 1.89 bits per heavy atom. The Balaban J connectivity index is 1.55. The number of ether oxygens (including phenoxy) is 4. The first-order valence-electron chi connectivity index (χ1n) is 16.2. The van der Waals surface area contributed by atoms with Crippen molar-refractivity contribution in [2.24, 2.45) is 0 Å². The van der Waals surface area contributed by atoms with Crippen LogP contribution in [0.15, 0.2) is 48.8 Å². The van der Waals surface area contributed by atoms with Gasteiger partial charge >= 0.3 is 5.97 Å². The molecule has 3 aromatic heterocycles. The molecule has 3 aliphatic rings. The van der Waals surface area contributed by atoms with Gasteiger partial charge in [0.25, 0.3) is 0 Å². The highest BCUT2D eigenvalue weighted by atomic mass is 16.6. The Hall–Kier alpha value is -4.02. The van der Waals surface area contributed by atoms with Crippen LogP contribution in [0.4, 0.5) is 5.82 Å². The quantitative estimate of drug-likeness (QED) is 0.229. The van der Waals surface area contributed by atoms with E-state index < -0.39 is 17.7 Å². The molecule has 7 rings (SSSR count). The first-order valence-corrected chi connectivity index (χ1v) is 16.2. The van der Waals surface area contributed by atoms with E-state index in [9.17, 15) is 4.79 Å². The third-order valence-electron chi connectivity index (χ3n) is 8.86. The summed E-state index contributed by atoms with van der Waals surface area (Å²) >= 11 is 0. The number of piperidine rings is 1. The number of carbonyl (C=O) groups is 1. The van der Waals surface area contributed by atoms with Crippen molar-refractivity contribution in [3.8, 4) is 28.1 Å². The monoisotopic (exact) mass is 627 g/mol. The van der Waals surface area contributed by atoms with Crippen LogP contribution in [0.1, 0.15) is 77.7 Å². The van der Waals surface area contributed by atoms with Crippen LogP contribution in [0, 0.1) is 6.92 Å². The zero-order chi connectivity index (χ0) is 32.6. The molecule has 0 N–H and O–H groups in total. The van der Waals surface area contributed by atoms with Gasteiger partial charge in [0.05, 0.1) is 35.7 Å². The second-order valence-electron chi connectivity index (χ2n) is 13.7. The molecule has 6 bridgehead atoms. The first-order chi connectivity index (χ1) is 21.9. The van der Waals surface area contributed by atoms with E-state index in [2.05, 4.69) is 35.9 Å². The Labute approximate surface area is 271 Å². The zero-order valence-electron chi connectivity index (χ0n) is 28.0. The van der Waals surface area contributed by atoms with Gasteiger partial charge in [-0.15, -0.1) is 0 Å². The molecule has 6 heterocycles. The van der Waals surface area contributed by atoms with E-state index in [1.165, 1.54) is 7.11 Å². The van der Waals surface area contributed by atoms with Crippen LogP contribution in [0.2, 0.25) is 0 Å². The lowest BCUT2D eigenvalue weighted by atomic mass is 9.92. The number of aromatic nitrogens is 4. The molecule has 1 saturated heterocycles. The molecule has 0 spiro atoms. The number of methoxy groups -OCH3 is 1. The number of hydrogen-bond acceptors (Lipinski definition) is 9. The van der Waals surface area contributed by atoms with Crippen LogP contribution in [-0.4, -0.2) is 69.7 Å². The Kier molecular flexibility index (Phi) is 8.78. The second-order valence-corrected chi connectivity index (χ2v) is 13.7. The number of anilines is 1. The summed E-state index contributed by atoms with van der Waals surface area (Å²) in [5.41, 5.74) is 4.77. The number of nitrogens with zero attached hydrogens (tertiary/aromatic N) is 5. The van der Waals surface area contributed by atoms with Gasteiger partial charge in [-0.25, -0.2) is 9.78 Å². The maximum Gasteiger partial charge on any atom is 0.339 e. The summed E-state index contributed by atoms with van der Waals surface area (Å²) in [6, 6.07) is 12.2. The summed E-state index contributed by atoms with van der Waals surface area (Å²) < 4.78 is 26.5. The molecular weight excluding hydrogens is 582 g/mol. The normalized spacial score (nSPS) is 21.2. The number of benzene rings is 1. The van der Waals surface area contributed by atoms with Gasteiger partial charge in [-0.2, -0.15) is 9.61 Å². The van der Waals surface area contributed by atoms with E-state index in [0.717, 1.165) is 72.7 Å². The average Bonchev–Trinajstić information content (AvgIpc) is 3.45. The standard InChI is InChI=1S/C36H45N5O5/c1-23-10-9-19-44-36(6)14-17-40(18-15-36)33-31(32(34(42)43-7)46-35(3,4)5)24(2)38-30-21-28(39-41(30)33)26-12-8-11-25(20-26)27-22-37-16-13-29(27)45-23/h8,11-13,16,20-23,32H,9-10,14-15,17-19H2,1-7H3. The van der Waals surface area contributed by atoms with Gasteiger partial charge in [-0.1, -0.05) is 18.2 Å². The minimum atomic E-state index is -0.981. The smallest absolute Gasteiger partial charge is 0.339 e. The van der Waals surface area contributed by atoms with Crippen molar-refractivity contribution in [3.05, 3.63) is 60.0 Å². The summed E-state index contributed by atoms with van der Waals surface area (Å²) in [5, 5.41) is 5.14. The highest BCUT2D eigenvalue weighted by molar-refractivity contribution is 5.81. The van der Waals surface area contributed by atoms with E-state index in [0.29, 0.717) is 23.5 Å². The molecule has 0 radical (unpaired) electrons.